The van der Waals surface area contributed by atoms with Crippen LogP contribution in [0.3, 0.4) is 0 Å². The summed E-state index contributed by atoms with van der Waals surface area (Å²) in [7, 11) is 1.48. The number of benzene rings is 2. The third-order valence-electron chi connectivity index (χ3n) is 8.89. The predicted octanol–water partition coefficient (Wildman–Crippen LogP) is 0.764. The summed E-state index contributed by atoms with van der Waals surface area (Å²) in [6, 6.07) is 6.51. The second-order valence-electron chi connectivity index (χ2n) is 11.0. The van der Waals surface area contributed by atoms with Gasteiger partial charge in [0.2, 0.25) is 5.78 Å². The van der Waals surface area contributed by atoms with Crippen LogP contribution < -0.4 is 11.1 Å². The summed E-state index contributed by atoms with van der Waals surface area (Å²) in [5.74, 6) is -6.60. The van der Waals surface area contributed by atoms with Crippen LogP contribution in [-0.2, 0) is 27.3 Å². The van der Waals surface area contributed by atoms with E-state index in [4.69, 9.17) is 10.5 Å². The number of hydrogen-bond acceptors (Lipinski definition) is 10. The standard InChI is InChI=1S/C29H31N3O8/c1-31-22-18-11-16-10-15-9-14-3-2-13(12-32-4-6-40-7-5-32)8-17(14)23(33)19(15)24(34)20(16)26(36)29(18,39)27(37)21(25(22)35)28(30)38/h2-3,8-9,16,18,22,31,33,35-36,39H,4-7,10-12H2,1H3,(H2,30,38)/t16-,18-,22-,29-/m0/s1. The topological polar surface area (TPSA) is 183 Å². The van der Waals surface area contributed by atoms with Crippen LogP contribution in [-0.4, -0.2) is 87.8 Å². The molecule has 0 spiro atoms. The van der Waals surface area contributed by atoms with Crippen LogP contribution in [0.1, 0.15) is 27.9 Å². The molecule has 0 radical (unpaired) electrons. The van der Waals surface area contributed by atoms with Crippen molar-refractivity contribution >= 4 is 28.2 Å². The Kier molecular flexibility index (Phi) is 6.22. The minimum Gasteiger partial charge on any atom is -0.510 e. The zero-order valence-corrected chi connectivity index (χ0v) is 21.9. The van der Waals surface area contributed by atoms with Gasteiger partial charge in [0, 0.05) is 36.5 Å². The monoisotopic (exact) mass is 549 g/mol. The molecule has 11 nitrogen and oxygen atoms in total. The van der Waals surface area contributed by atoms with Gasteiger partial charge in [-0.25, -0.2) is 0 Å². The number of Topliss-reactive ketones (excluding diaryl/α,β-unsaturated/α-hetero) is 2. The highest BCUT2D eigenvalue weighted by Crippen LogP contribution is 2.52. The molecule has 1 saturated heterocycles. The van der Waals surface area contributed by atoms with Gasteiger partial charge in [0.1, 0.15) is 22.8 Å². The lowest BCUT2D eigenvalue weighted by Crippen LogP contribution is -2.63. The molecule has 7 N–H and O–H groups in total. The van der Waals surface area contributed by atoms with Gasteiger partial charge in [0.05, 0.1) is 24.8 Å². The van der Waals surface area contributed by atoms with Gasteiger partial charge in [-0.2, -0.15) is 0 Å². The lowest BCUT2D eigenvalue weighted by molar-refractivity contribution is -0.146. The second-order valence-corrected chi connectivity index (χ2v) is 11.0. The summed E-state index contributed by atoms with van der Waals surface area (Å²) >= 11 is 0. The zero-order chi connectivity index (χ0) is 28.5. The summed E-state index contributed by atoms with van der Waals surface area (Å²) in [5.41, 5.74) is 3.23. The minimum atomic E-state index is -2.65. The number of allylic oxidation sites excluding steroid dienone is 1. The first kappa shape index (κ1) is 26.5. The molecule has 210 valence electrons. The fourth-order valence-corrected chi connectivity index (χ4v) is 6.94. The van der Waals surface area contributed by atoms with E-state index in [2.05, 4.69) is 10.2 Å². The van der Waals surface area contributed by atoms with Gasteiger partial charge in [-0.3, -0.25) is 19.3 Å². The number of nitrogens with zero attached hydrogens (tertiary/aromatic N) is 1. The Balaban J connectivity index is 1.45. The van der Waals surface area contributed by atoms with Crippen molar-refractivity contribution in [3.63, 3.8) is 0 Å². The van der Waals surface area contributed by atoms with Gasteiger partial charge in [-0.15, -0.1) is 0 Å². The molecule has 0 unspecified atom stereocenters. The maximum absolute atomic E-state index is 13.9. The number of hydrogen-bond donors (Lipinski definition) is 6. The van der Waals surface area contributed by atoms with E-state index in [0.29, 0.717) is 30.7 Å². The first-order valence-electron chi connectivity index (χ1n) is 13.3. The summed E-state index contributed by atoms with van der Waals surface area (Å²) in [4.78, 5) is 41.5. The number of nitrogens with two attached hydrogens (primary N) is 1. The Morgan fingerprint density at radius 3 is 2.58 bits per heavy atom. The molecule has 4 aliphatic rings. The number of likely N-dealkylation sites (N-methyl/N-ethyl adjacent to an activating group) is 1. The van der Waals surface area contributed by atoms with E-state index in [-0.39, 0.29) is 29.7 Å². The first-order chi connectivity index (χ1) is 19.1. The van der Waals surface area contributed by atoms with E-state index in [9.17, 15) is 34.8 Å². The lowest BCUT2D eigenvalue weighted by atomic mass is 9.59. The molecule has 1 aliphatic heterocycles. The summed E-state index contributed by atoms with van der Waals surface area (Å²) in [6.07, 6.45) is 0.301. The highest BCUT2D eigenvalue weighted by Gasteiger charge is 2.62. The molecule has 2 aromatic rings. The maximum Gasteiger partial charge on any atom is 0.255 e. The van der Waals surface area contributed by atoms with Crippen molar-refractivity contribution in [3.8, 4) is 5.75 Å². The highest BCUT2D eigenvalue weighted by molar-refractivity contribution is 6.25. The molecule has 0 bridgehead atoms. The van der Waals surface area contributed by atoms with Crippen LogP contribution >= 0.6 is 0 Å². The molecule has 11 heteroatoms. The Bertz CT molecular complexity index is 1540. The van der Waals surface area contributed by atoms with Crippen molar-refractivity contribution in [2.75, 3.05) is 33.4 Å². The number of aromatic hydroxyl groups is 1. The molecule has 2 aromatic carbocycles. The molecular weight excluding hydrogens is 518 g/mol. The van der Waals surface area contributed by atoms with Crippen molar-refractivity contribution in [1.29, 1.82) is 0 Å². The van der Waals surface area contributed by atoms with E-state index in [1.807, 2.05) is 24.3 Å². The van der Waals surface area contributed by atoms with Crippen molar-refractivity contribution in [2.45, 2.75) is 31.0 Å². The number of phenolic OH excluding ortho intramolecular Hbond substituents is 1. The van der Waals surface area contributed by atoms with Crippen LogP contribution in [0.25, 0.3) is 10.8 Å². The van der Waals surface area contributed by atoms with Gasteiger partial charge in [0.15, 0.2) is 11.4 Å². The SMILES string of the molecule is CN[C@@H]1C(O)=C(C(N)=O)C(=O)[C@@]2(O)C(O)=C3C(=O)c4c(cc5ccc(CN6CCOCC6)cc5c4O)C[C@H]3C[C@@H]12. The number of rotatable bonds is 4. The fraction of sp³-hybridized carbons (Fsp3) is 0.414. The number of fused-ring (bicyclic) bond motifs is 4. The largest absolute Gasteiger partial charge is 0.510 e. The number of ketones is 2. The molecule has 1 fully saturated rings. The van der Waals surface area contributed by atoms with Gasteiger partial charge >= 0.3 is 0 Å². The van der Waals surface area contributed by atoms with E-state index in [1.165, 1.54) is 7.05 Å². The van der Waals surface area contributed by atoms with E-state index in [1.54, 1.807) is 0 Å². The van der Waals surface area contributed by atoms with Gasteiger partial charge in [0.25, 0.3) is 5.91 Å². The normalized spacial score (nSPS) is 28.9. The Hall–Kier alpha value is -3.77. The Morgan fingerprint density at radius 2 is 1.90 bits per heavy atom. The fourth-order valence-electron chi connectivity index (χ4n) is 6.94. The molecule has 0 saturated carbocycles. The van der Waals surface area contributed by atoms with Crippen LogP contribution in [0.2, 0.25) is 0 Å². The third-order valence-corrected chi connectivity index (χ3v) is 8.89. The van der Waals surface area contributed by atoms with Crippen molar-refractivity contribution in [3.05, 3.63) is 63.6 Å². The molecule has 1 heterocycles. The first-order valence-corrected chi connectivity index (χ1v) is 13.3. The average molecular weight is 550 g/mol. The number of ether oxygens (including phenoxy) is 1. The number of morpholine rings is 1. The van der Waals surface area contributed by atoms with Crippen LogP contribution in [0, 0.1) is 11.8 Å². The lowest BCUT2D eigenvalue weighted by Gasteiger charge is -2.48. The second kappa shape index (κ2) is 9.41. The highest BCUT2D eigenvalue weighted by atomic mass is 16.5. The number of carbonyl (C=O) groups is 3. The van der Waals surface area contributed by atoms with Crippen molar-refractivity contribution < 1.29 is 39.5 Å². The Morgan fingerprint density at radius 1 is 1.18 bits per heavy atom. The van der Waals surface area contributed by atoms with Crippen LogP contribution in [0.5, 0.6) is 5.75 Å². The summed E-state index contributed by atoms with van der Waals surface area (Å²) in [6.45, 7) is 3.55. The number of carbonyl (C=O) groups excluding carboxylic acids is 3. The van der Waals surface area contributed by atoms with Crippen molar-refractivity contribution in [1.82, 2.24) is 10.2 Å². The zero-order valence-electron chi connectivity index (χ0n) is 21.9. The number of aliphatic hydroxyl groups excluding tert-OH is 2. The number of primary amides is 1. The average Bonchev–Trinajstić information content (AvgIpc) is 2.92. The molecule has 1 amide bonds. The quantitative estimate of drug-likeness (QED) is 0.298. The number of aliphatic hydroxyl groups is 3. The van der Waals surface area contributed by atoms with E-state index >= 15 is 0 Å². The van der Waals surface area contributed by atoms with Crippen LogP contribution in [0.15, 0.2) is 46.9 Å². The molecular formula is C29H31N3O8. The van der Waals surface area contributed by atoms with E-state index in [0.717, 1.165) is 24.0 Å². The van der Waals surface area contributed by atoms with Gasteiger partial charge in [-0.05, 0) is 48.4 Å². The number of phenols is 1. The number of nitrogens with one attached hydrogen (secondary N) is 1. The molecule has 3 aliphatic carbocycles. The molecule has 0 aromatic heterocycles. The van der Waals surface area contributed by atoms with E-state index < -0.39 is 58.0 Å². The van der Waals surface area contributed by atoms with Gasteiger partial charge < -0.3 is 36.2 Å². The van der Waals surface area contributed by atoms with Crippen molar-refractivity contribution in [2.24, 2.45) is 17.6 Å². The molecule has 4 atom stereocenters. The number of amides is 1. The Labute approximate surface area is 229 Å². The minimum absolute atomic E-state index is 0.0119. The molecule has 40 heavy (non-hydrogen) atoms. The predicted molar refractivity (Wildman–Crippen MR) is 143 cm³/mol. The third kappa shape index (κ3) is 3.69. The summed E-state index contributed by atoms with van der Waals surface area (Å²) in [5, 5.41) is 49.1. The van der Waals surface area contributed by atoms with Crippen LogP contribution in [0.4, 0.5) is 0 Å². The summed E-state index contributed by atoms with van der Waals surface area (Å²) < 4.78 is 5.41. The maximum atomic E-state index is 13.9. The molecule has 6 rings (SSSR count). The van der Waals surface area contributed by atoms with Gasteiger partial charge in [-0.1, -0.05) is 18.2 Å². The smallest absolute Gasteiger partial charge is 0.255 e.